The van der Waals surface area contributed by atoms with Crippen molar-refractivity contribution in [2.45, 2.75) is 129 Å². The van der Waals surface area contributed by atoms with E-state index in [9.17, 15) is 19.5 Å². The summed E-state index contributed by atoms with van der Waals surface area (Å²) in [7, 11) is 5.36. The van der Waals surface area contributed by atoms with Crippen LogP contribution in [0.25, 0.3) is 0 Å². The monoisotopic (exact) mass is 607 g/mol. The van der Waals surface area contributed by atoms with Gasteiger partial charge in [-0.05, 0) is 57.8 Å². The molecule has 2 atom stereocenters. The van der Waals surface area contributed by atoms with Crippen molar-refractivity contribution in [3.63, 3.8) is 0 Å². The van der Waals surface area contributed by atoms with Gasteiger partial charge in [-0.2, -0.15) is 0 Å². The van der Waals surface area contributed by atoms with Crippen molar-refractivity contribution in [1.82, 2.24) is 0 Å². The molecule has 0 aliphatic heterocycles. The van der Waals surface area contributed by atoms with Crippen LogP contribution in [0.4, 0.5) is 0 Å². The molecule has 0 N–H and O–H groups in total. The summed E-state index contributed by atoms with van der Waals surface area (Å²) in [4.78, 5) is 36.3. The van der Waals surface area contributed by atoms with E-state index in [4.69, 9.17) is 14.2 Å². The third-order valence-electron chi connectivity index (χ3n) is 7.01. The average Bonchev–Trinajstić information content (AvgIpc) is 2.94. The average molecular weight is 608 g/mol. The van der Waals surface area contributed by atoms with Crippen LogP contribution < -0.4 is 5.11 Å². The minimum absolute atomic E-state index is 0.0235. The Labute approximate surface area is 262 Å². The first-order chi connectivity index (χ1) is 20.6. The highest BCUT2D eigenvalue weighted by atomic mass is 16.6. The van der Waals surface area contributed by atoms with Gasteiger partial charge in [0.2, 0.25) is 0 Å². The second kappa shape index (κ2) is 27.1. The molecule has 0 saturated heterocycles. The zero-order valence-corrected chi connectivity index (χ0v) is 27.9. The lowest BCUT2D eigenvalue weighted by atomic mass is 10.1. The lowest BCUT2D eigenvalue weighted by molar-refractivity contribution is -0.889. The molecule has 248 valence electrons. The predicted octanol–water partition coefficient (Wildman–Crippen LogP) is 6.23. The Morgan fingerprint density at radius 3 is 1.95 bits per heavy atom. The largest absolute Gasteiger partial charge is 0.544 e. The van der Waals surface area contributed by atoms with Crippen LogP contribution in [-0.2, 0) is 28.6 Å². The fraction of sp³-hybridized carbons (Fsp3) is 0.743. The number of aliphatic carboxylic acids is 1. The van der Waals surface area contributed by atoms with Crippen molar-refractivity contribution in [1.29, 1.82) is 0 Å². The first-order valence-electron chi connectivity index (χ1n) is 16.5. The van der Waals surface area contributed by atoms with Crippen molar-refractivity contribution in [2.24, 2.45) is 0 Å². The van der Waals surface area contributed by atoms with Crippen LogP contribution in [0.15, 0.2) is 36.5 Å². The summed E-state index contributed by atoms with van der Waals surface area (Å²) in [6.07, 6.45) is 26.2. The SMILES string of the molecule is CC/C=C/C/C=C/CCCCC(=O)OC(COCCC(C(=O)[O-])[N+](C)(C)C)COC(=O)CCCCCC/C=C/CCCC. The lowest BCUT2D eigenvalue weighted by Gasteiger charge is -2.34. The van der Waals surface area contributed by atoms with Crippen molar-refractivity contribution < 1.29 is 38.2 Å². The number of esters is 2. The smallest absolute Gasteiger partial charge is 0.306 e. The van der Waals surface area contributed by atoms with E-state index >= 15 is 0 Å². The second-order valence-corrected chi connectivity index (χ2v) is 12.0. The van der Waals surface area contributed by atoms with Crippen LogP contribution in [-0.4, -0.2) is 75.5 Å². The molecule has 0 spiro atoms. The van der Waals surface area contributed by atoms with Gasteiger partial charge in [0.15, 0.2) is 6.10 Å². The summed E-state index contributed by atoms with van der Waals surface area (Å²) >= 11 is 0. The van der Waals surface area contributed by atoms with E-state index < -0.39 is 18.1 Å². The molecule has 0 radical (unpaired) electrons. The first kappa shape index (κ1) is 40.5. The van der Waals surface area contributed by atoms with Gasteiger partial charge in [0, 0.05) is 19.3 Å². The Morgan fingerprint density at radius 2 is 1.30 bits per heavy atom. The Morgan fingerprint density at radius 1 is 0.721 bits per heavy atom. The van der Waals surface area contributed by atoms with Gasteiger partial charge < -0.3 is 28.6 Å². The number of carbonyl (C=O) groups is 3. The molecule has 43 heavy (non-hydrogen) atoms. The van der Waals surface area contributed by atoms with Crippen LogP contribution in [0.5, 0.6) is 0 Å². The van der Waals surface area contributed by atoms with E-state index in [2.05, 4.69) is 50.3 Å². The van der Waals surface area contributed by atoms with Gasteiger partial charge in [-0.25, -0.2) is 0 Å². The Balaban J connectivity index is 4.56. The maximum absolute atomic E-state index is 12.5. The molecule has 0 aliphatic carbocycles. The number of nitrogens with zero attached hydrogens (tertiary/aromatic N) is 1. The highest BCUT2D eigenvalue weighted by Crippen LogP contribution is 2.11. The summed E-state index contributed by atoms with van der Waals surface area (Å²) in [6, 6.07) is -0.729. The van der Waals surface area contributed by atoms with Gasteiger partial charge in [-0.3, -0.25) is 9.59 Å². The molecule has 8 heteroatoms. The predicted molar refractivity (Wildman–Crippen MR) is 171 cm³/mol. The minimum Gasteiger partial charge on any atom is -0.544 e. The molecule has 0 saturated carbocycles. The van der Waals surface area contributed by atoms with Crippen LogP contribution in [0.3, 0.4) is 0 Å². The summed E-state index contributed by atoms with van der Waals surface area (Å²) in [6.45, 7) is 4.40. The van der Waals surface area contributed by atoms with E-state index in [0.717, 1.165) is 64.2 Å². The van der Waals surface area contributed by atoms with E-state index in [0.29, 0.717) is 12.8 Å². The maximum atomic E-state index is 12.5. The molecule has 2 unspecified atom stereocenters. The Hall–Kier alpha value is -2.45. The standard InChI is InChI=1S/C35H61NO7/c1-6-8-10-12-14-16-18-19-21-23-25-33(37)42-30-31(29-41-28-27-32(35(39)40)36(3,4)5)43-34(38)26-24-22-20-17-15-13-11-9-7-2/h9,11-12,14-15,17,31-32H,6-8,10,13,16,18-30H2,1-5H3/b11-9+,14-12+,17-15+. The van der Waals surface area contributed by atoms with E-state index in [-0.39, 0.29) is 49.1 Å². The Kier molecular flexibility index (Phi) is 25.6. The first-order valence-corrected chi connectivity index (χ1v) is 16.5. The molecule has 0 heterocycles. The number of carboxylic acids is 1. The van der Waals surface area contributed by atoms with Crippen LogP contribution in [0, 0.1) is 0 Å². The van der Waals surface area contributed by atoms with Gasteiger partial charge in [0.05, 0.1) is 40.3 Å². The molecule has 0 bridgehead atoms. The third-order valence-corrected chi connectivity index (χ3v) is 7.01. The number of quaternary nitrogens is 1. The van der Waals surface area contributed by atoms with Crippen LogP contribution in [0.1, 0.15) is 117 Å². The number of likely N-dealkylation sites (N-methyl/N-ethyl adjacent to an activating group) is 1. The van der Waals surface area contributed by atoms with Gasteiger partial charge in [-0.1, -0.05) is 76.0 Å². The fourth-order valence-corrected chi connectivity index (χ4v) is 4.38. The molecule has 0 aliphatic rings. The maximum Gasteiger partial charge on any atom is 0.306 e. The molecule has 0 fully saturated rings. The summed E-state index contributed by atoms with van der Waals surface area (Å²) in [5.74, 6) is -1.81. The van der Waals surface area contributed by atoms with Crippen molar-refractivity contribution in [2.75, 3.05) is 41.0 Å². The van der Waals surface area contributed by atoms with Crippen molar-refractivity contribution in [3.05, 3.63) is 36.5 Å². The van der Waals surface area contributed by atoms with Gasteiger partial charge in [-0.15, -0.1) is 0 Å². The number of hydrogen-bond acceptors (Lipinski definition) is 7. The minimum atomic E-state index is -1.14. The van der Waals surface area contributed by atoms with E-state index in [1.165, 1.54) is 12.8 Å². The van der Waals surface area contributed by atoms with Crippen molar-refractivity contribution >= 4 is 17.9 Å². The van der Waals surface area contributed by atoms with Crippen LogP contribution >= 0.6 is 0 Å². The number of carboxylic acid groups (broad SMARTS) is 1. The second-order valence-electron chi connectivity index (χ2n) is 12.0. The zero-order chi connectivity index (χ0) is 32.2. The highest BCUT2D eigenvalue weighted by molar-refractivity contribution is 5.70. The van der Waals surface area contributed by atoms with Gasteiger partial charge in [0.25, 0.3) is 0 Å². The Bertz CT molecular complexity index is 813. The number of ether oxygens (including phenoxy) is 3. The molecule has 0 rings (SSSR count). The van der Waals surface area contributed by atoms with E-state index in [1.807, 2.05) is 0 Å². The van der Waals surface area contributed by atoms with E-state index in [1.54, 1.807) is 21.1 Å². The van der Waals surface area contributed by atoms with Crippen LogP contribution in [0.2, 0.25) is 0 Å². The molecular weight excluding hydrogens is 546 g/mol. The summed E-state index contributed by atoms with van der Waals surface area (Å²) in [5.41, 5.74) is 0. The number of unbranched alkanes of at least 4 members (excludes halogenated alkanes) is 8. The molecule has 8 nitrogen and oxygen atoms in total. The quantitative estimate of drug-likeness (QED) is 0.0450. The number of rotatable bonds is 28. The number of carbonyl (C=O) groups excluding carboxylic acids is 3. The normalized spacial score (nSPS) is 13.6. The topological polar surface area (TPSA) is 102 Å². The number of allylic oxidation sites excluding steroid dienone is 6. The fourth-order valence-electron chi connectivity index (χ4n) is 4.38. The molecule has 0 aromatic heterocycles. The zero-order valence-electron chi connectivity index (χ0n) is 27.9. The molecule has 0 aromatic carbocycles. The van der Waals surface area contributed by atoms with Crippen molar-refractivity contribution in [3.8, 4) is 0 Å². The summed E-state index contributed by atoms with van der Waals surface area (Å²) in [5, 5.41) is 11.5. The lowest BCUT2D eigenvalue weighted by Crippen LogP contribution is -2.55. The van der Waals surface area contributed by atoms with Gasteiger partial charge >= 0.3 is 11.9 Å². The molecule has 0 aromatic rings. The number of hydrogen-bond donors (Lipinski definition) is 0. The molecule has 0 amide bonds. The molecular formula is C35H61NO7. The summed E-state index contributed by atoms with van der Waals surface area (Å²) < 4.78 is 16.9. The third kappa shape index (κ3) is 25.7. The highest BCUT2D eigenvalue weighted by Gasteiger charge is 2.25. The van der Waals surface area contributed by atoms with Gasteiger partial charge in [0.1, 0.15) is 12.6 Å².